The first-order valence-electron chi connectivity index (χ1n) is 5.16. The topological polar surface area (TPSA) is 25.4 Å². The van der Waals surface area contributed by atoms with E-state index in [-0.39, 0.29) is 11.9 Å². The molecule has 1 aliphatic heterocycles. The molecule has 1 fully saturated rings. The van der Waals surface area contributed by atoms with Gasteiger partial charge in [-0.15, -0.1) is 0 Å². The predicted octanol–water partition coefficient (Wildman–Crippen LogP) is 1.69. The molecule has 0 radical (unpaired) electrons. The Balaban J connectivity index is 1.85. The van der Waals surface area contributed by atoms with Crippen LogP contribution in [0.1, 0.15) is 13.8 Å². The first-order valence-corrected chi connectivity index (χ1v) is 5.16. The Labute approximate surface area is 88.9 Å². The lowest BCUT2D eigenvalue weighted by Gasteiger charge is -2.41. The third-order valence-electron chi connectivity index (χ3n) is 2.59. The summed E-state index contributed by atoms with van der Waals surface area (Å²) in [7, 11) is 0. The lowest BCUT2D eigenvalue weighted by molar-refractivity contribution is -0.000190. The highest BCUT2D eigenvalue weighted by atomic mass is 19.1. The van der Waals surface area contributed by atoms with Crippen molar-refractivity contribution in [1.82, 2.24) is 9.88 Å². The summed E-state index contributed by atoms with van der Waals surface area (Å²) >= 11 is 0. The number of aromatic nitrogens is 1. The molecule has 1 aromatic heterocycles. The van der Waals surface area contributed by atoms with Gasteiger partial charge in [0.05, 0.1) is 12.4 Å². The Kier molecular flexibility index (Phi) is 2.86. The number of pyridine rings is 1. The molecule has 1 saturated heterocycles. The minimum Gasteiger partial charge on any atom is -0.486 e. The van der Waals surface area contributed by atoms with E-state index < -0.39 is 0 Å². The van der Waals surface area contributed by atoms with Crippen LogP contribution in [0, 0.1) is 5.82 Å². The summed E-state index contributed by atoms with van der Waals surface area (Å²) in [4.78, 5) is 6.04. The average molecular weight is 210 g/mol. The lowest BCUT2D eigenvalue weighted by atomic mass is 10.1. The maximum absolute atomic E-state index is 12.8. The van der Waals surface area contributed by atoms with Gasteiger partial charge in [-0.2, -0.15) is 0 Å². The van der Waals surface area contributed by atoms with E-state index in [0.717, 1.165) is 13.1 Å². The molecule has 1 aliphatic rings. The smallest absolute Gasteiger partial charge is 0.145 e. The number of halogens is 1. The van der Waals surface area contributed by atoms with Crippen LogP contribution in [0.2, 0.25) is 0 Å². The van der Waals surface area contributed by atoms with E-state index in [0.29, 0.717) is 11.8 Å². The molecule has 0 saturated carbocycles. The third-order valence-corrected chi connectivity index (χ3v) is 2.59. The van der Waals surface area contributed by atoms with E-state index in [2.05, 4.69) is 23.7 Å². The Morgan fingerprint density at radius 1 is 1.47 bits per heavy atom. The molecule has 0 bridgehead atoms. The van der Waals surface area contributed by atoms with Gasteiger partial charge in [0.1, 0.15) is 17.7 Å². The highest BCUT2D eigenvalue weighted by molar-refractivity contribution is 5.17. The van der Waals surface area contributed by atoms with Gasteiger partial charge in [-0.05, 0) is 13.8 Å². The summed E-state index contributed by atoms with van der Waals surface area (Å²) in [5.74, 6) is 0.163. The quantitative estimate of drug-likeness (QED) is 0.759. The molecule has 0 atom stereocenters. The Hall–Kier alpha value is -1.16. The second-order valence-electron chi connectivity index (χ2n) is 4.13. The Morgan fingerprint density at radius 2 is 2.20 bits per heavy atom. The molecule has 3 nitrogen and oxygen atoms in total. The van der Waals surface area contributed by atoms with Gasteiger partial charge in [0.2, 0.25) is 0 Å². The van der Waals surface area contributed by atoms with Gasteiger partial charge < -0.3 is 4.74 Å². The fraction of sp³-hybridized carbons (Fsp3) is 0.545. The van der Waals surface area contributed by atoms with E-state index in [1.54, 1.807) is 6.20 Å². The molecule has 4 heteroatoms. The fourth-order valence-electron chi connectivity index (χ4n) is 1.62. The number of hydrogen-bond donors (Lipinski definition) is 0. The van der Waals surface area contributed by atoms with Crippen molar-refractivity contribution in [3.8, 4) is 5.75 Å². The van der Waals surface area contributed by atoms with Gasteiger partial charge in [0.25, 0.3) is 0 Å². The van der Waals surface area contributed by atoms with E-state index >= 15 is 0 Å². The van der Waals surface area contributed by atoms with E-state index in [4.69, 9.17) is 4.74 Å². The minimum atomic E-state index is -0.354. The third kappa shape index (κ3) is 2.45. The van der Waals surface area contributed by atoms with Gasteiger partial charge in [-0.1, -0.05) is 0 Å². The van der Waals surface area contributed by atoms with E-state index in [9.17, 15) is 4.39 Å². The van der Waals surface area contributed by atoms with Crippen LogP contribution in [0.25, 0.3) is 0 Å². The first kappa shape index (κ1) is 10.4. The zero-order chi connectivity index (χ0) is 10.8. The minimum absolute atomic E-state index is 0.177. The maximum Gasteiger partial charge on any atom is 0.145 e. The van der Waals surface area contributed by atoms with Gasteiger partial charge >= 0.3 is 0 Å². The van der Waals surface area contributed by atoms with Crippen LogP contribution in [0.5, 0.6) is 5.75 Å². The molecular formula is C11H15FN2O. The van der Waals surface area contributed by atoms with Crippen molar-refractivity contribution in [2.45, 2.75) is 26.0 Å². The predicted molar refractivity (Wildman–Crippen MR) is 55.3 cm³/mol. The molecule has 0 aromatic carbocycles. The van der Waals surface area contributed by atoms with Crippen molar-refractivity contribution in [2.75, 3.05) is 13.1 Å². The van der Waals surface area contributed by atoms with Crippen LogP contribution in [-0.2, 0) is 0 Å². The number of nitrogens with zero attached hydrogens (tertiary/aromatic N) is 2. The van der Waals surface area contributed by atoms with E-state index in [1.165, 1.54) is 12.3 Å². The molecule has 1 aromatic rings. The molecule has 0 spiro atoms. The van der Waals surface area contributed by atoms with Gasteiger partial charge in [0.15, 0.2) is 0 Å². The number of likely N-dealkylation sites (tertiary alicyclic amines) is 1. The number of ether oxygens (including phenoxy) is 1. The van der Waals surface area contributed by atoms with Crippen LogP contribution >= 0.6 is 0 Å². The van der Waals surface area contributed by atoms with Crippen molar-refractivity contribution in [2.24, 2.45) is 0 Å². The number of hydrogen-bond acceptors (Lipinski definition) is 3. The standard InChI is InChI=1S/C11H15FN2O/c1-8(2)14-6-11(7-14)15-10-3-9(12)4-13-5-10/h3-5,8,11H,6-7H2,1-2H3. The van der Waals surface area contributed by atoms with Crippen molar-refractivity contribution in [3.05, 3.63) is 24.3 Å². The summed E-state index contributed by atoms with van der Waals surface area (Å²) in [5, 5.41) is 0. The molecular weight excluding hydrogens is 195 g/mol. The largest absolute Gasteiger partial charge is 0.486 e. The van der Waals surface area contributed by atoms with Crippen LogP contribution in [0.15, 0.2) is 18.5 Å². The normalized spacial score (nSPS) is 17.9. The molecule has 82 valence electrons. The highest BCUT2D eigenvalue weighted by Crippen LogP contribution is 2.19. The molecule has 2 rings (SSSR count). The van der Waals surface area contributed by atoms with Gasteiger partial charge in [0, 0.05) is 25.2 Å². The zero-order valence-corrected chi connectivity index (χ0v) is 8.98. The van der Waals surface area contributed by atoms with E-state index in [1.807, 2.05) is 0 Å². The monoisotopic (exact) mass is 210 g/mol. The molecule has 0 N–H and O–H groups in total. The van der Waals surface area contributed by atoms with Crippen LogP contribution in [-0.4, -0.2) is 35.1 Å². The summed E-state index contributed by atoms with van der Waals surface area (Å²) < 4.78 is 18.4. The first-order chi connectivity index (χ1) is 7.15. The molecule has 0 aliphatic carbocycles. The summed E-state index contributed by atoms with van der Waals surface area (Å²) in [5.41, 5.74) is 0. The van der Waals surface area contributed by atoms with Crippen molar-refractivity contribution >= 4 is 0 Å². The SMILES string of the molecule is CC(C)N1CC(Oc2cncc(F)c2)C1. The van der Waals surface area contributed by atoms with Gasteiger partial charge in [-0.3, -0.25) is 9.88 Å². The second-order valence-corrected chi connectivity index (χ2v) is 4.13. The van der Waals surface area contributed by atoms with Crippen LogP contribution in [0.4, 0.5) is 4.39 Å². The summed E-state index contributed by atoms with van der Waals surface area (Å²) in [6, 6.07) is 1.92. The fourth-order valence-corrected chi connectivity index (χ4v) is 1.62. The maximum atomic E-state index is 12.8. The highest BCUT2D eigenvalue weighted by Gasteiger charge is 2.30. The van der Waals surface area contributed by atoms with Crippen molar-refractivity contribution in [1.29, 1.82) is 0 Å². The molecule has 15 heavy (non-hydrogen) atoms. The Bertz CT molecular complexity index is 337. The summed E-state index contributed by atoms with van der Waals surface area (Å²) in [6.45, 7) is 6.13. The van der Waals surface area contributed by atoms with Crippen LogP contribution in [0.3, 0.4) is 0 Å². The van der Waals surface area contributed by atoms with Crippen LogP contribution < -0.4 is 4.74 Å². The Morgan fingerprint density at radius 3 is 2.80 bits per heavy atom. The molecule has 0 amide bonds. The molecule has 2 heterocycles. The average Bonchev–Trinajstić information content (AvgIpc) is 2.10. The molecule has 0 unspecified atom stereocenters. The van der Waals surface area contributed by atoms with Crippen molar-refractivity contribution in [3.63, 3.8) is 0 Å². The van der Waals surface area contributed by atoms with Gasteiger partial charge in [-0.25, -0.2) is 4.39 Å². The second kappa shape index (κ2) is 4.14. The summed E-state index contributed by atoms with van der Waals surface area (Å²) in [6.07, 6.45) is 2.89. The van der Waals surface area contributed by atoms with Crippen molar-refractivity contribution < 1.29 is 9.13 Å². The lowest BCUT2D eigenvalue weighted by Crippen LogP contribution is -2.56. The zero-order valence-electron chi connectivity index (χ0n) is 8.98. The number of rotatable bonds is 3.